The molecule has 0 bridgehead atoms. The van der Waals surface area contributed by atoms with Gasteiger partial charge in [-0.25, -0.2) is 9.78 Å². The van der Waals surface area contributed by atoms with E-state index in [-0.39, 0.29) is 5.97 Å². The minimum atomic E-state index is -0.356. The quantitative estimate of drug-likeness (QED) is 0.817. The van der Waals surface area contributed by atoms with E-state index < -0.39 is 0 Å². The number of hydrogen-bond donors (Lipinski definition) is 1. The van der Waals surface area contributed by atoms with Crippen LogP contribution in [0.1, 0.15) is 23.2 Å². The predicted molar refractivity (Wildman–Crippen MR) is 69.7 cm³/mol. The fourth-order valence-electron chi connectivity index (χ4n) is 2.27. The lowest BCUT2D eigenvalue weighted by atomic mass is 10.2. The van der Waals surface area contributed by atoms with Crippen molar-refractivity contribution in [2.45, 2.75) is 18.9 Å². The predicted octanol–water partition coefficient (Wildman–Crippen LogP) is 1.37. The molecule has 18 heavy (non-hydrogen) atoms. The molecule has 1 aliphatic rings. The van der Waals surface area contributed by atoms with Gasteiger partial charge < -0.3 is 15.0 Å². The summed E-state index contributed by atoms with van der Waals surface area (Å²) >= 11 is 0. The van der Waals surface area contributed by atoms with Crippen LogP contribution in [-0.2, 0) is 4.74 Å². The van der Waals surface area contributed by atoms with E-state index >= 15 is 0 Å². The summed E-state index contributed by atoms with van der Waals surface area (Å²) in [4.78, 5) is 18.1. The van der Waals surface area contributed by atoms with Crippen molar-refractivity contribution in [3.8, 4) is 0 Å². The average Bonchev–Trinajstić information content (AvgIpc) is 2.81. The molecule has 0 aromatic carbocycles. The van der Waals surface area contributed by atoms with Gasteiger partial charge in [-0.1, -0.05) is 0 Å². The smallest absolute Gasteiger partial charge is 0.341 e. The number of pyridine rings is 1. The molecule has 1 N–H and O–H groups in total. The number of likely N-dealkylation sites (tertiary alicyclic amines) is 1. The van der Waals surface area contributed by atoms with Gasteiger partial charge in [-0.15, -0.1) is 0 Å². The number of nitrogens with one attached hydrogen (secondary N) is 1. The normalized spacial score (nSPS) is 19.8. The molecule has 1 aromatic heterocycles. The number of rotatable bonds is 4. The van der Waals surface area contributed by atoms with E-state index in [9.17, 15) is 4.79 Å². The van der Waals surface area contributed by atoms with E-state index in [0.717, 1.165) is 13.1 Å². The molecular formula is C13H19N3O2. The first-order valence-electron chi connectivity index (χ1n) is 6.20. The standard InChI is InChI=1S/C13H19N3O2/c1-16-8-4-5-10(16)9-15-12-11(13(17)18-2)6-3-7-14-12/h3,6-7,10H,4-5,8-9H2,1-2H3,(H,14,15). The second kappa shape index (κ2) is 5.82. The van der Waals surface area contributed by atoms with Crippen molar-refractivity contribution in [1.29, 1.82) is 0 Å². The Balaban J connectivity index is 2.02. The number of aromatic nitrogens is 1. The van der Waals surface area contributed by atoms with Gasteiger partial charge >= 0.3 is 5.97 Å². The molecule has 2 rings (SSSR count). The van der Waals surface area contributed by atoms with E-state index in [0.29, 0.717) is 17.4 Å². The molecule has 1 saturated heterocycles. The molecule has 98 valence electrons. The zero-order chi connectivity index (χ0) is 13.0. The monoisotopic (exact) mass is 249 g/mol. The highest BCUT2D eigenvalue weighted by atomic mass is 16.5. The maximum atomic E-state index is 11.6. The number of ether oxygens (including phenoxy) is 1. The molecule has 1 aliphatic heterocycles. The highest BCUT2D eigenvalue weighted by Crippen LogP contribution is 2.17. The van der Waals surface area contributed by atoms with Crippen LogP contribution < -0.4 is 5.32 Å². The molecule has 0 amide bonds. The van der Waals surface area contributed by atoms with Gasteiger partial charge in [-0.2, -0.15) is 0 Å². The first-order chi connectivity index (χ1) is 8.72. The van der Waals surface area contributed by atoms with Gasteiger partial charge in [0.05, 0.1) is 7.11 Å². The Morgan fingerprint density at radius 1 is 1.67 bits per heavy atom. The fraction of sp³-hybridized carbons (Fsp3) is 0.538. The van der Waals surface area contributed by atoms with Gasteiger partial charge in [0.25, 0.3) is 0 Å². The van der Waals surface area contributed by atoms with E-state index in [1.807, 2.05) is 0 Å². The Bertz CT molecular complexity index is 422. The number of hydrogen-bond acceptors (Lipinski definition) is 5. The first-order valence-corrected chi connectivity index (χ1v) is 6.20. The lowest BCUT2D eigenvalue weighted by Crippen LogP contribution is -2.32. The summed E-state index contributed by atoms with van der Waals surface area (Å²) in [6.45, 7) is 1.94. The van der Waals surface area contributed by atoms with Crippen molar-refractivity contribution in [1.82, 2.24) is 9.88 Å². The minimum absolute atomic E-state index is 0.356. The fourth-order valence-corrected chi connectivity index (χ4v) is 2.27. The average molecular weight is 249 g/mol. The molecule has 0 radical (unpaired) electrons. The number of likely N-dealkylation sites (N-methyl/N-ethyl adjacent to an activating group) is 1. The molecule has 1 unspecified atom stereocenters. The number of anilines is 1. The second-order valence-electron chi connectivity index (χ2n) is 4.55. The zero-order valence-corrected chi connectivity index (χ0v) is 10.8. The number of esters is 1. The van der Waals surface area contributed by atoms with Crippen LogP contribution in [0.15, 0.2) is 18.3 Å². The number of carbonyl (C=O) groups excluding carboxylic acids is 1. The Labute approximate surface area is 107 Å². The van der Waals surface area contributed by atoms with E-state index in [1.54, 1.807) is 18.3 Å². The maximum Gasteiger partial charge on any atom is 0.341 e. The largest absolute Gasteiger partial charge is 0.465 e. The van der Waals surface area contributed by atoms with Crippen molar-refractivity contribution in [2.75, 3.05) is 32.6 Å². The minimum Gasteiger partial charge on any atom is -0.465 e. The topological polar surface area (TPSA) is 54.5 Å². The second-order valence-corrected chi connectivity index (χ2v) is 4.55. The number of nitrogens with zero attached hydrogens (tertiary/aromatic N) is 2. The number of carbonyl (C=O) groups is 1. The molecule has 1 aromatic rings. The highest BCUT2D eigenvalue weighted by molar-refractivity contribution is 5.94. The molecule has 0 spiro atoms. The third-order valence-electron chi connectivity index (χ3n) is 3.39. The molecule has 5 nitrogen and oxygen atoms in total. The molecule has 1 fully saturated rings. The summed E-state index contributed by atoms with van der Waals surface area (Å²) < 4.78 is 4.74. The Kier molecular flexibility index (Phi) is 4.15. The Hall–Kier alpha value is -1.62. The van der Waals surface area contributed by atoms with Crippen LogP contribution in [0.25, 0.3) is 0 Å². The van der Waals surface area contributed by atoms with Crippen LogP contribution in [0, 0.1) is 0 Å². The van der Waals surface area contributed by atoms with Crippen LogP contribution in [0.4, 0.5) is 5.82 Å². The van der Waals surface area contributed by atoms with Crippen LogP contribution in [-0.4, -0.2) is 49.1 Å². The van der Waals surface area contributed by atoms with Gasteiger partial charge in [-0.05, 0) is 38.6 Å². The van der Waals surface area contributed by atoms with Gasteiger partial charge in [-0.3, -0.25) is 0 Å². The van der Waals surface area contributed by atoms with Gasteiger partial charge in [0.15, 0.2) is 0 Å². The number of methoxy groups -OCH3 is 1. The van der Waals surface area contributed by atoms with Crippen molar-refractivity contribution < 1.29 is 9.53 Å². The summed E-state index contributed by atoms with van der Waals surface area (Å²) in [7, 11) is 3.50. The maximum absolute atomic E-state index is 11.6. The summed E-state index contributed by atoms with van der Waals surface area (Å²) in [5.41, 5.74) is 0.487. The van der Waals surface area contributed by atoms with Crippen LogP contribution in [0.2, 0.25) is 0 Å². The molecule has 1 atom stereocenters. The van der Waals surface area contributed by atoms with Crippen LogP contribution in [0.5, 0.6) is 0 Å². The van der Waals surface area contributed by atoms with Crippen LogP contribution in [0.3, 0.4) is 0 Å². The molecule has 5 heteroatoms. The molecule has 0 aliphatic carbocycles. The highest BCUT2D eigenvalue weighted by Gasteiger charge is 2.21. The van der Waals surface area contributed by atoms with E-state index in [4.69, 9.17) is 4.74 Å². The summed E-state index contributed by atoms with van der Waals surface area (Å²) in [5.74, 6) is 0.245. The van der Waals surface area contributed by atoms with Crippen molar-refractivity contribution in [3.05, 3.63) is 23.9 Å². The lowest BCUT2D eigenvalue weighted by molar-refractivity contribution is 0.0601. The first kappa shape index (κ1) is 12.8. The van der Waals surface area contributed by atoms with E-state index in [2.05, 4.69) is 22.2 Å². The molecular weight excluding hydrogens is 230 g/mol. The van der Waals surface area contributed by atoms with E-state index in [1.165, 1.54) is 20.0 Å². The van der Waals surface area contributed by atoms with Crippen LogP contribution >= 0.6 is 0 Å². The summed E-state index contributed by atoms with van der Waals surface area (Å²) in [5, 5.41) is 3.25. The SMILES string of the molecule is COC(=O)c1cccnc1NCC1CCCN1C. The van der Waals surface area contributed by atoms with Crippen molar-refractivity contribution >= 4 is 11.8 Å². The third-order valence-corrected chi connectivity index (χ3v) is 3.39. The molecule has 0 saturated carbocycles. The molecule has 2 heterocycles. The van der Waals surface area contributed by atoms with Gasteiger partial charge in [0, 0.05) is 18.8 Å². The lowest BCUT2D eigenvalue weighted by Gasteiger charge is -2.20. The zero-order valence-electron chi connectivity index (χ0n) is 10.8. The van der Waals surface area contributed by atoms with Gasteiger partial charge in [0.2, 0.25) is 0 Å². The Morgan fingerprint density at radius 2 is 2.50 bits per heavy atom. The Morgan fingerprint density at radius 3 is 3.17 bits per heavy atom. The summed E-state index contributed by atoms with van der Waals surface area (Å²) in [6, 6.07) is 3.97. The summed E-state index contributed by atoms with van der Waals surface area (Å²) in [6.07, 6.45) is 4.09. The third kappa shape index (κ3) is 2.79. The van der Waals surface area contributed by atoms with Crippen molar-refractivity contribution in [3.63, 3.8) is 0 Å². The van der Waals surface area contributed by atoms with Gasteiger partial charge in [0.1, 0.15) is 11.4 Å². The van der Waals surface area contributed by atoms with Crippen molar-refractivity contribution in [2.24, 2.45) is 0 Å².